The zero-order valence-corrected chi connectivity index (χ0v) is 20.9. The fourth-order valence-electron chi connectivity index (χ4n) is 4.39. The van der Waals surface area contributed by atoms with Gasteiger partial charge in [-0.1, -0.05) is 93.8 Å². The van der Waals surface area contributed by atoms with Crippen molar-refractivity contribution in [2.45, 2.75) is 89.8 Å². The van der Waals surface area contributed by atoms with Crippen LogP contribution in [-0.4, -0.2) is 15.3 Å². The smallest absolute Gasteiger partial charge is 0.334 e. The molecule has 196 valence electrons. The van der Waals surface area contributed by atoms with Gasteiger partial charge in [0.2, 0.25) is 0 Å². The lowest BCUT2D eigenvalue weighted by molar-refractivity contribution is -0.138. The van der Waals surface area contributed by atoms with E-state index in [4.69, 9.17) is 4.52 Å². The molecule has 3 rings (SSSR count). The van der Waals surface area contributed by atoms with Crippen LogP contribution in [0.25, 0.3) is 11.5 Å². The fraction of sp³-hybridized carbons (Fsp3) is 0.500. The first kappa shape index (κ1) is 27.9. The number of hydroxylamine groups is 1. The van der Waals surface area contributed by atoms with E-state index in [1.807, 2.05) is 0 Å². The van der Waals surface area contributed by atoms with Crippen molar-refractivity contribution in [1.82, 2.24) is 15.6 Å². The standard InChI is InChI=1S/C28H36F3N3O2/c1-2-3-4-5-6-7-8-9-10-18-26-32-27(36-34-26)23-16-13-15-22(19-23)25(33-35)20-21-14-11-12-17-24(21)28(29,30)31/h11-17,19,25,33,35H,2-10,18,20H2,1H3. The molecule has 1 unspecified atom stereocenters. The Kier molecular flexibility index (Phi) is 10.9. The number of hydrogen-bond donors (Lipinski definition) is 2. The minimum atomic E-state index is -4.47. The van der Waals surface area contributed by atoms with Crippen molar-refractivity contribution in [3.8, 4) is 11.5 Å². The summed E-state index contributed by atoms with van der Waals surface area (Å²) in [6.07, 6.45) is 7.41. The lowest BCUT2D eigenvalue weighted by atomic mass is 9.95. The molecule has 3 aromatic rings. The molecular formula is C28H36F3N3O2. The third-order valence-corrected chi connectivity index (χ3v) is 6.41. The molecule has 0 spiro atoms. The van der Waals surface area contributed by atoms with E-state index < -0.39 is 17.8 Å². The number of benzene rings is 2. The van der Waals surface area contributed by atoms with Crippen LogP contribution >= 0.6 is 0 Å². The molecule has 0 radical (unpaired) electrons. The lowest BCUT2D eigenvalue weighted by Gasteiger charge is -2.19. The second-order valence-electron chi connectivity index (χ2n) is 9.26. The molecule has 0 saturated heterocycles. The van der Waals surface area contributed by atoms with Gasteiger partial charge >= 0.3 is 6.18 Å². The number of aromatic nitrogens is 2. The van der Waals surface area contributed by atoms with Crippen LogP contribution in [0.2, 0.25) is 0 Å². The van der Waals surface area contributed by atoms with Gasteiger partial charge in [0.25, 0.3) is 5.89 Å². The molecule has 1 atom stereocenters. The van der Waals surface area contributed by atoms with Gasteiger partial charge < -0.3 is 9.73 Å². The van der Waals surface area contributed by atoms with Gasteiger partial charge in [-0.05, 0) is 42.2 Å². The number of unbranched alkanes of at least 4 members (excludes halogenated alkanes) is 8. The molecule has 0 saturated carbocycles. The second kappa shape index (κ2) is 14.1. The molecule has 0 aliphatic carbocycles. The van der Waals surface area contributed by atoms with Crippen LogP contribution in [0.3, 0.4) is 0 Å². The Morgan fingerprint density at radius 1 is 0.917 bits per heavy atom. The Labute approximate surface area is 211 Å². The van der Waals surface area contributed by atoms with Crippen LogP contribution in [-0.2, 0) is 19.0 Å². The van der Waals surface area contributed by atoms with E-state index in [2.05, 4.69) is 22.5 Å². The third kappa shape index (κ3) is 8.45. The Balaban J connectivity index is 1.56. The highest BCUT2D eigenvalue weighted by Crippen LogP contribution is 2.34. The largest absolute Gasteiger partial charge is 0.416 e. The summed E-state index contributed by atoms with van der Waals surface area (Å²) in [5.74, 6) is 1.00. The molecule has 0 aliphatic heterocycles. The molecule has 0 aliphatic rings. The molecule has 1 heterocycles. The number of nitrogens with one attached hydrogen (secondary N) is 1. The number of hydrogen-bond acceptors (Lipinski definition) is 5. The van der Waals surface area contributed by atoms with Crippen molar-refractivity contribution in [2.75, 3.05) is 0 Å². The first-order valence-corrected chi connectivity index (χ1v) is 12.9. The molecule has 36 heavy (non-hydrogen) atoms. The van der Waals surface area contributed by atoms with Crippen molar-refractivity contribution < 1.29 is 22.9 Å². The predicted octanol–water partition coefficient (Wildman–Crippen LogP) is 8.09. The Morgan fingerprint density at radius 3 is 2.31 bits per heavy atom. The summed E-state index contributed by atoms with van der Waals surface area (Å²) in [7, 11) is 0. The van der Waals surface area contributed by atoms with E-state index in [9.17, 15) is 18.4 Å². The van der Waals surface area contributed by atoms with Gasteiger partial charge in [-0.25, -0.2) is 0 Å². The van der Waals surface area contributed by atoms with E-state index in [-0.39, 0.29) is 12.0 Å². The summed E-state index contributed by atoms with van der Waals surface area (Å²) < 4.78 is 45.6. The SMILES string of the molecule is CCCCCCCCCCCc1noc(-c2cccc(C(Cc3ccccc3C(F)(F)F)NO)c2)n1. The molecule has 1 aromatic heterocycles. The number of halogens is 3. The second-order valence-corrected chi connectivity index (χ2v) is 9.26. The van der Waals surface area contributed by atoms with Crippen LogP contribution < -0.4 is 5.48 Å². The first-order valence-electron chi connectivity index (χ1n) is 12.9. The van der Waals surface area contributed by atoms with Crippen LogP contribution in [0, 0.1) is 0 Å². The average molecular weight is 504 g/mol. The molecule has 2 aromatic carbocycles. The molecule has 5 nitrogen and oxygen atoms in total. The van der Waals surface area contributed by atoms with E-state index in [1.54, 1.807) is 30.3 Å². The fourth-order valence-corrected chi connectivity index (χ4v) is 4.39. The zero-order chi connectivity index (χ0) is 25.8. The highest BCUT2D eigenvalue weighted by Gasteiger charge is 2.33. The van der Waals surface area contributed by atoms with Gasteiger partial charge in [0.1, 0.15) is 0 Å². The van der Waals surface area contributed by atoms with Crippen LogP contribution in [0.15, 0.2) is 53.1 Å². The monoisotopic (exact) mass is 503 g/mol. The van der Waals surface area contributed by atoms with Gasteiger partial charge in [-0.2, -0.15) is 23.6 Å². The number of nitrogens with zero attached hydrogens (tertiary/aromatic N) is 2. The highest BCUT2D eigenvalue weighted by molar-refractivity contribution is 5.54. The van der Waals surface area contributed by atoms with Gasteiger partial charge in [0.05, 0.1) is 11.6 Å². The summed E-state index contributed by atoms with van der Waals surface area (Å²) in [6, 6.07) is 11.7. The predicted molar refractivity (Wildman–Crippen MR) is 133 cm³/mol. The maximum atomic E-state index is 13.4. The van der Waals surface area contributed by atoms with Crippen molar-refractivity contribution in [2.24, 2.45) is 0 Å². The molecule has 0 bridgehead atoms. The van der Waals surface area contributed by atoms with E-state index in [0.717, 1.165) is 25.3 Å². The summed E-state index contributed by atoms with van der Waals surface area (Å²) in [5, 5.41) is 13.8. The Bertz CT molecular complexity index is 1050. The third-order valence-electron chi connectivity index (χ3n) is 6.41. The molecular weight excluding hydrogens is 467 g/mol. The number of alkyl halides is 3. The van der Waals surface area contributed by atoms with Gasteiger partial charge in [-0.3, -0.25) is 0 Å². The lowest BCUT2D eigenvalue weighted by Crippen LogP contribution is -2.21. The summed E-state index contributed by atoms with van der Waals surface area (Å²) in [6.45, 7) is 2.23. The number of rotatable bonds is 15. The maximum Gasteiger partial charge on any atom is 0.416 e. The zero-order valence-electron chi connectivity index (χ0n) is 20.9. The maximum absolute atomic E-state index is 13.4. The van der Waals surface area contributed by atoms with E-state index in [0.29, 0.717) is 22.8 Å². The minimum Gasteiger partial charge on any atom is -0.334 e. The average Bonchev–Trinajstić information content (AvgIpc) is 3.35. The molecule has 2 N–H and O–H groups in total. The summed E-state index contributed by atoms with van der Waals surface area (Å²) in [4.78, 5) is 4.50. The molecule has 0 amide bonds. The van der Waals surface area contributed by atoms with Crippen molar-refractivity contribution in [3.63, 3.8) is 0 Å². The summed E-state index contributed by atoms with van der Waals surface area (Å²) in [5.41, 5.74) is 2.82. The quantitative estimate of drug-likeness (QED) is 0.162. The highest BCUT2D eigenvalue weighted by atomic mass is 19.4. The van der Waals surface area contributed by atoms with Gasteiger partial charge in [0.15, 0.2) is 5.82 Å². The summed E-state index contributed by atoms with van der Waals surface area (Å²) >= 11 is 0. The topological polar surface area (TPSA) is 71.2 Å². The van der Waals surface area contributed by atoms with Crippen molar-refractivity contribution in [3.05, 3.63) is 71.0 Å². The Hall–Kier alpha value is -2.71. The van der Waals surface area contributed by atoms with E-state index >= 15 is 0 Å². The van der Waals surface area contributed by atoms with E-state index in [1.165, 1.54) is 57.1 Å². The van der Waals surface area contributed by atoms with Gasteiger partial charge in [0, 0.05) is 12.0 Å². The van der Waals surface area contributed by atoms with Crippen LogP contribution in [0.4, 0.5) is 13.2 Å². The van der Waals surface area contributed by atoms with Crippen LogP contribution in [0.5, 0.6) is 0 Å². The first-order chi connectivity index (χ1) is 17.4. The van der Waals surface area contributed by atoms with Crippen molar-refractivity contribution in [1.29, 1.82) is 0 Å². The van der Waals surface area contributed by atoms with Crippen molar-refractivity contribution >= 4 is 0 Å². The molecule has 8 heteroatoms. The van der Waals surface area contributed by atoms with Gasteiger partial charge in [-0.15, -0.1) is 0 Å². The van der Waals surface area contributed by atoms with Crippen LogP contribution in [0.1, 0.15) is 93.3 Å². The number of aryl methyl sites for hydroxylation is 1. The normalized spacial score (nSPS) is 12.7. The Morgan fingerprint density at radius 2 is 1.61 bits per heavy atom. The molecule has 0 fully saturated rings. The minimum absolute atomic E-state index is 0.0384.